The van der Waals surface area contributed by atoms with E-state index < -0.39 is 5.60 Å². The van der Waals surface area contributed by atoms with Crippen LogP contribution in [0.3, 0.4) is 0 Å². The Hall–Kier alpha value is -1.09. The van der Waals surface area contributed by atoms with Crippen LogP contribution in [0.4, 0.5) is 10.1 Å². The molecule has 1 rings (SSSR count). The lowest BCUT2D eigenvalue weighted by Crippen LogP contribution is -2.18. The second-order valence-electron chi connectivity index (χ2n) is 3.74. The first kappa shape index (κ1) is 9.99. The molecule has 3 N–H and O–H groups in total. The Morgan fingerprint density at radius 3 is 2.38 bits per heavy atom. The van der Waals surface area contributed by atoms with Gasteiger partial charge in [0.05, 0.1) is 5.60 Å². The average molecular weight is 183 g/mol. The number of rotatable bonds is 1. The fraction of sp³-hybridized carbons (Fsp3) is 0.400. The summed E-state index contributed by atoms with van der Waals surface area (Å²) in [5, 5.41) is 9.67. The third kappa shape index (κ3) is 1.98. The molecule has 0 unspecified atom stereocenters. The molecule has 0 aliphatic rings. The van der Waals surface area contributed by atoms with Crippen molar-refractivity contribution in [3.63, 3.8) is 0 Å². The van der Waals surface area contributed by atoms with Crippen LogP contribution in [0.25, 0.3) is 0 Å². The van der Waals surface area contributed by atoms with Crippen molar-refractivity contribution in [1.82, 2.24) is 0 Å². The number of hydrogen-bond donors (Lipinski definition) is 2. The monoisotopic (exact) mass is 183 g/mol. The van der Waals surface area contributed by atoms with E-state index in [4.69, 9.17) is 5.73 Å². The van der Waals surface area contributed by atoms with Gasteiger partial charge in [-0.15, -0.1) is 0 Å². The van der Waals surface area contributed by atoms with Crippen molar-refractivity contribution in [2.75, 3.05) is 5.73 Å². The molecule has 1 aromatic carbocycles. The first-order chi connectivity index (χ1) is 5.82. The van der Waals surface area contributed by atoms with Crippen molar-refractivity contribution in [2.45, 2.75) is 26.4 Å². The van der Waals surface area contributed by atoms with Gasteiger partial charge < -0.3 is 10.8 Å². The van der Waals surface area contributed by atoms with Crippen molar-refractivity contribution >= 4 is 5.69 Å². The molecule has 0 amide bonds. The van der Waals surface area contributed by atoms with Crippen LogP contribution < -0.4 is 5.73 Å². The van der Waals surface area contributed by atoms with E-state index in [1.165, 1.54) is 12.1 Å². The van der Waals surface area contributed by atoms with Crippen LogP contribution in [0.2, 0.25) is 0 Å². The van der Waals surface area contributed by atoms with Gasteiger partial charge >= 0.3 is 0 Å². The van der Waals surface area contributed by atoms with Crippen LogP contribution in [0.15, 0.2) is 12.1 Å². The minimum absolute atomic E-state index is 0.371. The van der Waals surface area contributed by atoms with Crippen molar-refractivity contribution in [3.05, 3.63) is 29.1 Å². The Morgan fingerprint density at radius 2 is 1.92 bits per heavy atom. The number of nitrogen functional groups attached to an aromatic ring is 1. The number of nitrogens with two attached hydrogens (primary N) is 1. The molecule has 0 radical (unpaired) electrons. The number of halogens is 1. The number of hydrogen-bond acceptors (Lipinski definition) is 2. The van der Waals surface area contributed by atoms with Crippen molar-refractivity contribution in [1.29, 1.82) is 0 Å². The lowest BCUT2D eigenvalue weighted by Gasteiger charge is -2.21. The molecule has 2 nitrogen and oxygen atoms in total. The summed E-state index contributed by atoms with van der Waals surface area (Å²) >= 11 is 0. The smallest absolute Gasteiger partial charge is 0.124 e. The molecule has 3 heteroatoms. The molecule has 0 heterocycles. The van der Waals surface area contributed by atoms with Crippen LogP contribution in [-0.2, 0) is 5.60 Å². The number of aryl methyl sites for hydroxylation is 1. The molecular weight excluding hydrogens is 169 g/mol. The molecule has 0 aliphatic heterocycles. The standard InChI is InChI=1S/C10H14FNO/c1-6-4-7(11)5-8(9(6)12)10(2,3)13/h4-5,13H,12H2,1-3H3. The van der Waals surface area contributed by atoms with Gasteiger partial charge in [0, 0.05) is 11.3 Å². The van der Waals surface area contributed by atoms with Gasteiger partial charge in [0.1, 0.15) is 5.82 Å². The number of aliphatic hydroxyl groups is 1. The van der Waals surface area contributed by atoms with Gasteiger partial charge in [-0.25, -0.2) is 4.39 Å². The molecule has 0 atom stereocenters. The molecule has 0 aromatic heterocycles. The number of benzene rings is 1. The summed E-state index contributed by atoms with van der Waals surface area (Å²) in [5.74, 6) is -0.371. The van der Waals surface area contributed by atoms with E-state index in [1.54, 1.807) is 20.8 Å². The second kappa shape index (κ2) is 3.00. The molecule has 0 saturated heterocycles. The highest BCUT2D eigenvalue weighted by molar-refractivity contribution is 5.55. The summed E-state index contributed by atoms with van der Waals surface area (Å²) < 4.78 is 13.0. The van der Waals surface area contributed by atoms with Crippen LogP contribution in [0.5, 0.6) is 0 Å². The fourth-order valence-corrected chi connectivity index (χ4v) is 1.26. The van der Waals surface area contributed by atoms with Crippen LogP contribution in [-0.4, -0.2) is 5.11 Å². The summed E-state index contributed by atoms with van der Waals surface area (Å²) in [6, 6.07) is 2.62. The average Bonchev–Trinajstić information content (AvgIpc) is 1.94. The lowest BCUT2D eigenvalue weighted by atomic mass is 9.94. The third-order valence-corrected chi connectivity index (χ3v) is 2.01. The van der Waals surface area contributed by atoms with Crippen LogP contribution in [0, 0.1) is 12.7 Å². The molecule has 72 valence electrons. The second-order valence-corrected chi connectivity index (χ2v) is 3.74. The van der Waals surface area contributed by atoms with Gasteiger partial charge in [0.25, 0.3) is 0 Å². The molecule has 0 saturated carbocycles. The minimum atomic E-state index is -1.10. The van der Waals surface area contributed by atoms with Gasteiger partial charge in [-0.3, -0.25) is 0 Å². The van der Waals surface area contributed by atoms with Gasteiger partial charge in [-0.05, 0) is 38.5 Å². The zero-order valence-corrected chi connectivity index (χ0v) is 8.06. The van der Waals surface area contributed by atoms with Gasteiger partial charge in [-0.2, -0.15) is 0 Å². The fourth-order valence-electron chi connectivity index (χ4n) is 1.26. The van der Waals surface area contributed by atoms with E-state index in [-0.39, 0.29) is 5.82 Å². The Balaban J connectivity index is 3.37. The quantitative estimate of drug-likeness (QED) is 0.653. The molecule has 0 bridgehead atoms. The first-order valence-electron chi connectivity index (χ1n) is 4.11. The van der Waals surface area contributed by atoms with Crippen molar-refractivity contribution in [2.24, 2.45) is 0 Å². The highest BCUT2D eigenvalue weighted by Crippen LogP contribution is 2.28. The molecule has 0 aliphatic carbocycles. The van der Waals surface area contributed by atoms with Crippen molar-refractivity contribution < 1.29 is 9.50 Å². The highest BCUT2D eigenvalue weighted by atomic mass is 19.1. The maximum atomic E-state index is 13.0. The number of anilines is 1. The molecule has 13 heavy (non-hydrogen) atoms. The topological polar surface area (TPSA) is 46.2 Å². The molecular formula is C10H14FNO. The Labute approximate surface area is 77.2 Å². The van der Waals surface area contributed by atoms with Crippen molar-refractivity contribution in [3.8, 4) is 0 Å². The van der Waals surface area contributed by atoms with Gasteiger partial charge in [-0.1, -0.05) is 0 Å². The summed E-state index contributed by atoms with van der Waals surface area (Å²) in [4.78, 5) is 0. The Morgan fingerprint density at radius 1 is 1.38 bits per heavy atom. The third-order valence-electron chi connectivity index (χ3n) is 2.01. The summed E-state index contributed by atoms with van der Waals surface area (Å²) in [5.41, 5.74) is 6.15. The predicted octanol–water partition coefficient (Wildman–Crippen LogP) is 1.94. The van der Waals surface area contributed by atoms with E-state index in [2.05, 4.69) is 0 Å². The van der Waals surface area contributed by atoms with E-state index in [0.29, 0.717) is 16.8 Å². The van der Waals surface area contributed by atoms with Gasteiger partial charge in [0.2, 0.25) is 0 Å². The normalized spacial score (nSPS) is 11.8. The zero-order valence-electron chi connectivity index (χ0n) is 8.06. The lowest BCUT2D eigenvalue weighted by molar-refractivity contribution is 0.0790. The Kier molecular flexibility index (Phi) is 2.30. The maximum Gasteiger partial charge on any atom is 0.124 e. The molecule has 0 fully saturated rings. The van der Waals surface area contributed by atoms with Gasteiger partial charge in [0.15, 0.2) is 0 Å². The largest absolute Gasteiger partial charge is 0.398 e. The van der Waals surface area contributed by atoms with Crippen LogP contribution in [0.1, 0.15) is 25.0 Å². The van der Waals surface area contributed by atoms with E-state index in [9.17, 15) is 9.50 Å². The van der Waals surface area contributed by atoms with Crippen LogP contribution >= 0.6 is 0 Å². The first-order valence-corrected chi connectivity index (χ1v) is 4.11. The highest BCUT2D eigenvalue weighted by Gasteiger charge is 2.20. The Bertz CT molecular complexity index is 328. The summed E-state index contributed by atoms with van der Waals surface area (Å²) in [6.07, 6.45) is 0. The van der Waals surface area contributed by atoms with E-state index >= 15 is 0 Å². The van der Waals surface area contributed by atoms with E-state index in [0.717, 1.165) is 0 Å². The SMILES string of the molecule is Cc1cc(F)cc(C(C)(C)O)c1N. The predicted molar refractivity (Wildman–Crippen MR) is 50.8 cm³/mol. The molecule has 0 spiro atoms. The maximum absolute atomic E-state index is 13.0. The van der Waals surface area contributed by atoms with E-state index in [1.807, 2.05) is 0 Å². The zero-order chi connectivity index (χ0) is 10.2. The summed E-state index contributed by atoms with van der Waals surface area (Å²) in [6.45, 7) is 4.88. The molecule has 1 aromatic rings. The summed E-state index contributed by atoms with van der Waals surface area (Å²) in [7, 11) is 0. The minimum Gasteiger partial charge on any atom is -0.398 e.